The van der Waals surface area contributed by atoms with Crippen LogP contribution in [0.1, 0.15) is 29.9 Å². The third-order valence-electron chi connectivity index (χ3n) is 7.37. The third kappa shape index (κ3) is 5.18. The molecule has 10 heteroatoms. The maximum atomic E-state index is 10.1. The van der Waals surface area contributed by atoms with Crippen molar-refractivity contribution in [3.63, 3.8) is 0 Å². The number of hydrogen-bond donors (Lipinski definition) is 2. The highest BCUT2D eigenvalue weighted by molar-refractivity contribution is 6.33. The van der Waals surface area contributed by atoms with Crippen LogP contribution in [0.15, 0.2) is 22.7 Å². The van der Waals surface area contributed by atoms with Gasteiger partial charge in [0.1, 0.15) is 30.0 Å². The molecule has 2 saturated heterocycles. The van der Waals surface area contributed by atoms with E-state index in [1.807, 2.05) is 19.9 Å². The van der Waals surface area contributed by atoms with Crippen molar-refractivity contribution in [3.05, 3.63) is 40.2 Å². The van der Waals surface area contributed by atoms with Crippen molar-refractivity contribution in [2.45, 2.75) is 39.7 Å². The van der Waals surface area contributed by atoms with E-state index < -0.39 is 6.10 Å². The predicted molar refractivity (Wildman–Crippen MR) is 142 cm³/mol. The Labute approximate surface area is 222 Å². The lowest BCUT2D eigenvalue weighted by atomic mass is 9.87. The van der Waals surface area contributed by atoms with E-state index in [-0.39, 0.29) is 12.0 Å². The second-order valence-electron chi connectivity index (χ2n) is 10.2. The van der Waals surface area contributed by atoms with Gasteiger partial charge < -0.3 is 29.3 Å². The number of benzene rings is 1. The molecule has 1 aromatic carbocycles. The first-order valence-electron chi connectivity index (χ1n) is 12.7. The number of aliphatic hydroxyl groups excluding tert-OH is 1. The topological polar surface area (TPSA) is 106 Å². The molecule has 5 rings (SSSR count). The van der Waals surface area contributed by atoms with E-state index in [2.05, 4.69) is 22.3 Å². The normalized spacial score (nSPS) is 20.2. The molecule has 198 valence electrons. The second-order valence-corrected chi connectivity index (χ2v) is 10.6. The number of aliphatic hydroxyl groups is 1. The van der Waals surface area contributed by atoms with Gasteiger partial charge in [0.2, 0.25) is 0 Å². The summed E-state index contributed by atoms with van der Waals surface area (Å²) in [7, 11) is 1.79. The Hall–Kier alpha value is -2.72. The SMILES string of the molecule is CNCC(O)COc1ccc(Cl)c(-c2nc(-c3c(C)noc3C)c(C)c(N3CCC4(CCOC4)C3)n2)c1. The smallest absolute Gasteiger partial charge is 0.163 e. The van der Waals surface area contributed by atoms with Crippen LogP contribution in [-0.2, 0) is 4.74 Å². The largest absolute Gasteiger partial charge is 0.491 e. The van der Waals surface area contributed by atoms with Crippen LogP contribution in [0.2, 0.25) is 5.02 Å². The van der Waals surface area contributed by atoms with Gasteiger partial charge in [0.15, 0.2) is 5.82 Å². The van der Waals surface area contributed by atoms with E-state index in [9.17, 15) is 5.11 Å². The molecule has 0 radical (unpaired) electrons. The van der Waals surface area contributed by atoms with Gasteiger partial charge in [0.25, 0.3) is 0 Å². The lowest BCUT2D eigenvalue weighted by Gasteiger charge is -2.25. The Morgan fingerprint density at radius 1 is 1.24 bits per heavy atom. The highest BCUT2D eigenvalue weighted by atomic mass is 35.5. The van der Waals surface area contributed by atoms with Crippen LogP contribution in [0.5, 0.6) is 5.75 Å². The number of nitrogens with one attached hydrogen (secondary N) is 1. The van der Waals surface area contributed by atoms with Gasteiger partial charge in [-0.1, -0.05) is 16.8 Å². The Kier molecular flexibility index (Phi) is 7.40. The first-order valence-corrected chi connectivity index (χ1v) is 13.1. The van der Waals surface area contributed by atoms with E-state index in [0.717, 1.165) is 67.5 Å². The molecule has 0 bridgehead atoms. The molecule has 2 N–H and O–H groups in total. The molecule has 2 unspecified atom stereocenters. The van der Waals surface area contributed by atoms with Crippen molar-refractivity contribution in [3.8, 4) is 28.4 Å². The van der Waals surface area contributed by atoms with Gasteiger partial charge in [-0.2, -0.15) is 0 Å². The molecule has 2 aliphatic heterocycles. The Balaban J connectivity index is 1.57. The molecule has 2 aliphatic rings. The summed E-state index contributed by atoms with van der Waals surface area (Å²) in [5.74, 6) is 2.68. The van der Waals surface area contributed by atoms with Crippen LogP contribution >= 0.6 is 11.6 Å². The number of ether oxygens (including phenoxy) is 2. The molecule has 2 aromatic heterocycles. The van der Waals surface area contributed by atoms with Crippen molar-refractivity contribution in [1.82, 2.24) is 20.4 Å². The maximum Gasteiger partial charge on any atom is 0.163 e. The number of hydrogen-bond acceptors (Lipinski definition) is 9. The standard InChI is InChI=1S/C27H34ClN5O4/c1-16-24(23-17(2)32-37-18(23)3)30-25(31-26(16)33-9-7-27(14-33)8-10-35-15-27)21-11-20(5-6-22(21)28)36-13-19(34)12-29-4/h5-6,11,19,29,34H,7-10,12-15H2,1-4H3. The van der Waals surface area contributed by atoms with E-state index >= 15 is 0 Å². The number of likely N-dealkylation sites (N-methyl/N-ethyl adjacent to an activating group) is 1. The van der Waals surface area contributed by atoms with Gasteiger partial charge in [-0.25, -0.2) is 9.97 Å². The minimum absolute atomic E-state index is 0.157. The third-order valence-corrected chi connectivity index (χ3v) is 7.70. The van der Waals surface area contributed by atoms with Crippen molar-refractivity contribution >= 4 is 17.4 Å². The highest BCUT2D eigenvalue weighted by Gasteiger charge is 2.42. The number of nitrogens with zero attached hydrogens (tertiary/aromatic N) is 4. The average molecular weight is 528 g/mol. The van der Waals surface area contributed by atoms with Crippen molar-refractivity contribution in [2.75, 3.05) is 51.4 Å². The van der Waals surface area contributed by atoms with Crippen LogP contribution in [0.25, 0.3) is 22.6 Å². The molecule has 0 aliphatic carbocycles. The van der Waals surface area contributed by atoms with Crippen LogP contribution in [0.4, 0.5) is 5.82 Å². The van der Waals surface area contributed by atoms with Crippen molar-refractivity contribution < 1.29 is 19.1 Å². The van der Waals surface area contributed by atoms with E-state index in [4.69, 9.17) is 35.6 Å². The average Bonchev–Trinajstić information content (AvgIpc) is 3.61. The van der Waals surface area contributed by atoms with Gasteiger partial charge in [-0.05, 0) is 58.9 Å². The summed E-state index contributed by atoms with van der Waals surface area (Å²) in [5, 5.41) is 17.7. The molecular formula is C27H34ClN5O4. The number of anilines is 1. The van der Waals surface area contributed by atoms with Gasteiger partial charge >= 0.3 is 0 Å². The second kappa shape index (κ2) is 10.6. The van der Waals surface area contributed by atoms with Crippen LogP contribution in [-0.4, -0.2) is 72.8 Å². The van der Waals surface area contributed by atoms with E-state index in [1.54, 1.807) is 19.2 Å². The zero-order chi connectivity index (χ0) is 26.2. The quantitative estimate of drug-likeness (QED) is 0.450. The molecule has 4 heterocycles. The minimum atomic E-state index is -0.625. The number of rotatable bonds is 8. The fraction of sp³-hybridized carbons (Fsp3) is 0.519. The summed E-state index contributed by atoms with van der Waals surface area (Å²) in [5.41, 5.74) is 4.26. The van der Waals surface area contributed by atoms with Crippen molar-refractivity contribution in [1.29, 1.82) is 0 Å². The zero-order valence-corrected chi connectivity index (χ0v) is 22.6. The molecule has 2 atom stereocenters. The first kappa shape index (κ1) is 25.9. The van der Waals surface area contributed by atoms with E-state index in [0.29, 0.717) is 34.5 Å². The summed E-state index contributed by atoms with van der Waals surface area (Å²) < 4.78 is 17.1. The van der Waals surface area contributed by atoms with Crippen LogP contribution in [0, 0.1) is 26.2 Å². The summed E-state index contributed by atoms with van der Waals surface area (Å²) >= 11 is 6.68. The molecule has 1 spiro atoms. The highest BCUT2D eigenvalue weighted by Crippen LogP contribution is 2.43. The predicted octanol–water partition coefficient (Wildman–Crippen LogP) is 3.95. The fourth-order valence-corrected chi connectivity index (χ4v) is 5.54. The Morgan fingerprint density at radius 3 is 2.78 bits per heavy atom. The molecule has 2 fully saturated rings. The van der Waals surface area contributed by atoms with Crippen molar-refractivity contribution in [2.24, 2.45) is 5.41 Å². The molecule has 3 aromatic rings. The maximum absolute atomic E-state index is 10.1. The lowest BCUT2D eigenvalue weighted by molar-refractivity contribution is 0.108. The van der Waals surface area contributed by atoms with Gasteiger partial charge in [0.05, 0.1) is 28.6 Å². The number of aryl methyl sites for hydroxylation is 2. The summed E-state index contributed by atoms with van der Waals surface area (Å²) in [4.78, 5) is 12.4. The molecule has 37 heavy (non-hydrogen) atoms. The molecule has 9 nitrogen and oxygen atoms in total. The molecular weight excluding hydrogens is 494 g/mol. The van der Waals surface area contributed by atoms with Crippen LogP contribution < -0.4 is 15.0 Å². The first-order chi connectivity index (χ1) is 17.8. The van der Waals surface area contributed by atoms with Gasteiger partial charge in [-0.15, -0.1) is 0 Å². The lowest BCUT2D eigenvalue weighted by Crippen LogP contribution is -2.29. The Morgan fingerprint density at radius 2 is 2.08 bits per heavy atom. The summed E-state index contributed by atoms with van der Waals surface area (Å²) in [6, 6.07) is 5.39. The zero-order valence-electron chi connectivity index (χ0n) is 21.8. The molecule has 0 saturated carbocycles. The van der Waals surface area contributed by atoms with Gasteiger partial charge in [0, 0.05) is 42.8 Å². The van der Waals surface area contributed by atoms with Gasteiger partial charge in [-0.3, -0.25) is 0 Å². The summed E-state index contributed by atoms with van der Waals surface area (Å²) in [6.45, 7) is 9.88. The number of aromatic nitrogens is 3. The monoisotopic (exact) mass is 527 g/mol. The van der Waals surface area contributed by atoms with E-state index in [1.165, 1.54) is 0 Å². The molecule has 0 amide bonds. The fourth-order valence-electron chi connectivity index (χ4n) is 5.34. The minimum Gasteiger partial charge on any atom is -0.491 e. The summed E-state index contributed by atoms with van der Waals surface area (Å²) in [6.07, 6.45) is 1.52. The number of halogens is 1. The Bertz CT molecular complexity index is 1250. The van der Waals surface area contributed by atoms with Crippen LogP contribution in [0.3, 0.4) is 0 Å².